The first-order valence-electron chi connectivity index (χ1n) is 6.55. The molecule has 2 rings (SSSR count). The molecule has 0 unspecified atom stereocenters. The number of ketones is 1. The molecule has 0 aliphatic heterocycles. The molecule has 0 radical (unpaired) electrons. The van der Waals surface area contributed by atoms with Crippen LogP contribution >= 0.6 is 27.7 Å². The lowest BCUT2D eigenvalue weighted by atomic mass is 10.2. The van der Waals surface area contributed by atoms with Gasteiger partial charge < -0.3 is 5.11 Å². The Hall–Kier alpha value is -2.00. The van der Waals surface area contributed by atoms with Gasteiger partial charge in [0.25, 0.3) is 5.56 Å². The second-order valence-electron chi connectivity index (χ2n) is 4.52. The van der Waals surface area contributed by atoms with Gasteiger partial charge in [-0.25, -0.2) is 0 Å². The van der Waals surface area contributed by atoms with E-state index in [-0.39, 0.29) is 35.2 Å². The third kappa shape index (κ3) is 5.29. The van der Waals surface area contributed by atoms with E-state index in [2.05, 4.69) is 31.1 Å². The molecule has 0 aliphatic carbocycles. The molecule has 9 heteroatoms. The van der Waals surface area contributed by atoms with E-state index < -0.39 is 11.5 Å². The molecular weight excluding hydrogens is 386 g/mol. The van der Waals surface area contributed by atoms with Gasteiger partial charge >= 0.3 is 5.97 Å². The molecule has 1 aromatic carbocycles. The lowest BCUT2D eigenvalue weighted by molar-refractivity contribution is -0.136. The molecule has 0 amide bonds. The zero-order valence-corrected chi connectivity index (χ0v) is 14.2. The minimum Gasteiger partial charge on any atom is -0.481 e. The van der Waals surface area contributed by atoms with E-state index in [0.29, 0.717) is 5.56 Å². The van der Waals surface area contributed by atoms with Gasteiger partial charge in [0.1, 0.15) is 5.69 Å². The predicted octanol–water partition coefficient (Wildman–Crippen LogP) is 1.92. The number of hydrogen-bond donors (Lipinski definition) is 2. The number of nitrogens with zero attached hydrogens (tertiary/aromatic N) is 2. The van der Waals surface area contributed by atoms with Crippen molar-refractivity contribution in [3.63, 3.8) is 0 Å². The Balaban J connectivity index is 1.96. The standard InChI is InChI=1S/C14H12BrN3O4S/c15-9-3-1-8(2-4-9)11(19)7-23-14-16-13(22)10(17-18-14)5-6-12(20)21/h1-4H,5-7H2,(H,20,21)(H,16,18,22). The summed E-state index contributed by atoms with van der Waals surface area (Å²) in [6.07, 6.45) is -0.174. The Kier molecular flexibility index (Phi) is 6.05. The number of hydrogen-bond acceptors (Lipinski definition) is 6. The quantitative estimate of drug-likeness (QED) is 0.541. The van der Waals surface area contributed by atoms with E-state index in [1.807, 2.05) is 0 Å². The van der Waals surface area contributed by atoms with Crippen LogP contribution in [0.5, 0.6) is 0 Å². The van der Waals surface area contributed by atoms with Gasteiger partial charge in [0.15, 0.2) is 10.9 Å². The van der Waals surface area contributed by atoms with Gasteiger partial charge in [0, 0.05) is 16.5 Å². The van der Waals surface area contributed by atoms with Crippen LogP contribution in [0.3, 0.4) is 0 Å². The number of aliphatic carboxylic acids is 1. The highest BCUT2D eigenvalue weighted by Crippen LogP contribution is 2.15. The van der Waals surface area contributed by atoms with Crippen molar-refractivity contribution in [3.05, 3.63) is 50.3 Å². The van der Waals surface area contributed by atoms with Crippen LogP contribution in [-0.2, 0) is 11.2 Å². The number of carboxylic acid groups (broad SMARTS) is 1. The minimum absolute atomic E-state index is 0.0143. The highest BCUT2D eigenvalue weighted by molar-refractivity contribution is 9.10. The largest absolute Gasteiger partial charge is 0.481 e. The van der Waals surface area contributed by atoms with Crippen LogP contribution < -0.4 is 5.56 Å². The number of aromatic nitrogens is 3. The van der Waals surface area contributed by atoms with Crippen molar-refractivity contribution in [1.82, 2.24) is 15.2 Å². The number of benzene rings is 1. The maximum atomic E-state index is 12.0. The van der Waals surface area contributed by atoms with Crippen LogP contribution in [0.2, 0.25) is 0 Å². The van der Waals surface area contributed by atoms with E-state index in [0.717, 1.165) is 16.2 Å². The number of rotatable bonds is 7. The Morgan fingerprint density at radius 2 is 1.91 bits per heavy atom. The maximum Gasteiger partial charge on any atom is 0.303 e. The molecular formula is C14H12BrN3O4S. The molecule has 0 spiro atoms. The number of halogens is 1. The fourth-order valence-corrected chi connectivity index (χ4v) is 2.61. The zero-order chi connectivity index (χ0) is 16.8. The Morgan fingerprint density at radius 1 is 1.22 bits per heavy atom. The van der Waals surface area contributed by atoms with Gasteiger partial charge in [-0.05, 0) is 12.1 Å². The second-order valence-corrected chi connectivity index (χ2v) is 6.40. The summed E-state index contributed by atoms with van der Waals surface area (Å²) in [4.78, 5) is 36.7. The smallest absolute Gasteiger partial charge is 0.303 e. The van der Waals surface area contributed by atoms with Crippen LogP contribution in [0.4, 0.5) is 0 Å². The first-order chi connectivity index (χ1) is 11.0. The van der Waals surface area contributed by atoms with Crippen LogP contribution in [0.1, 0.15) is 22.5 Å². The molecule has 0 saturated heterocycles. The Morgan fingerprint density at radius 3 is 2.52 bits per heavy atom. The summed E-state index contributed by atoms with van der Waals surface area (Å²) in [5.41, 5.74) is 0.143. The summed E-state index contributed by atoms with van der Waals surface area (Å²) in [7, 11) is 0. The molecule has 0 aliphatic rings. The summed E-state index contributed by atoms with van der Waals surface area (Å²) < 4.78 is 0.883. The molecule has 1 aromatic heterocycles. The molecule has 1 heterocycles. The number of H-pyrrole nitrogens is 1. The lowest BCUT2D eigenvalue weighted by Crippen LogP contribution is -2.19. The molecule has 23 heavy (non-hydrogen) atoms. The first-order valence-corrected chi connectivity index (χ1v) is 8.33. The summed E-state index contributed by atoms with van der Waals surface area (Å²) in [5, 5.41) is 16.3. The number of carbonyl (C=O) groups excluding carboxylic acids is 1. The van der Waals surface area contributed by atoms with Crippen molar-refractivity contribution in [2.24, 2.45) is 0 Å². The average molecular weight is 398 g/mol. The summed E-state index contributed by atoms with van der Waals surface area (Å²) >= 11 is 4.36. The first kappa shape index (κ1) is 17.4. The number of carbonyl (C=O) groups is 2. The van der Waals surface area contributed by atoms with E-state index in [1.54, 1.807) is 24.3 Å². The SMILES string of the molecule is O=C(O)CCc1nnc(SCC(=O)c2ccc(Br)cc2)[nH]c1=O. The van der Waals surface area contributed by atoms with Crippen LogP contribution in [0.25, 0.3) is 0 Å². The fraction of sp³-hybridized carbons (Fsp3) is 0.214. The number of nitrogens with one attached hydrogen (secondary N) is 1. The van der Waals surface area contributed by atoms with E-state index in [9.17, 15) is 14.4 Å². The zero-order valence-electron chi connectivity index (χ0n) is 11.8. The van der Waals surface area contributed by atoms with Crippen molar-refractivity contribution < 1.29 is 14.7 Å². The van der Waals surface area contributed by atoms with Gasteiger partial charge in [0.05, 0.1) is 12.2 Å². The van der Waals surface area contributed by atoms with E-state index >= 15 is 0 Å². The maximum absolute atomic E-state index is 12.0. The Bertz CT molecular complexity index is 776. The summed E-state index contributed by atoms with van der Waals surface area (Å²) in [5.74, 6) is -0.995. The molecule has 7 nitrogen and oxygen atoms in total. The van der Waals surface area contributed by atoms with Gasteiger partial charge in [0.2, 0.25) is 0 Å². The highest BCUT2D eigenvalue weighted by atomic mass is 79.9. The number of aromatic amines is 1. The fourth-order valence-electron chi connectivity index (χ4n) is 1.65. The van der Waals surface area contributed by atoms with Gasteiger partial charge in [-0.3, -0.25) is 19.4 Å². The predicted molar refractivity (Wildman–Crippen MR) is 87.8 cm³/mol. The Labute approximate surface area is 143 Å². The molecule has 0 atom stereocenters. The van der Waals surface area contributed by atoms with Crippen LogP contribution in [-0.4, -0.2) is 37.8 Å². The third-order valence-electron chi connectivity index (χ3n) is 2.83. The molecule has 0 saturated carbocycles. The normalized spacial score (nSPS) is 10.5. The third-order valence-corrected chi connectivity index (χ3v) is 4.22. The van der Waals surface area contributed by atoms with E-state index in [1.165, 1.54) is 0 Å². The second kappa shape index (κ2) is 8.02. The van der Waals surface area contributed by atoms with Crippen molar-refractivity contribution in [1.29, 1.82) is 0 Å². The van der Waals surface area contributed by atoms with Gasteiger partial charge in [-0.2, -0.15) is 0 Å². The number of carboxylic acids is 1. The number of thioether (sulfide) groups is 1. The summed E-state index contributed by atoms with van der Waals surface area (Å²) in [6.45, 7) is 0. The molecule has 120 valence electrons. The number of Topliss-reactive ketones (excluding diaryl/α,β-unsaturated/α-hetero) is 1. The van der Waals surface area contributed by atoms with Crippen LogP contribution in [0.15, 0.2) is 38.7 Å². The minimum atomic E-state index is -1.01. The molecule has 0 fully saturated rings. The summed E-state index contributed by atoms with van der Waals surface area (Å²) in [6, 6.07) is 6.96. The van der Waals surface area contributed by atoms with E-state index in [4.69, 9.17) is 5.11 Å². The topological polar surface area (TPSA) is 113 Å². The number of aryl methyl sites for hydroxylation is 1. The molecule has 2 N–H and O–H groups in total. The average Bonchev–Trinajstić information content (AvgIpc) is 2.52. The highest BCUT2D eigenvalue weighted by Gasteiger charge is 2.10. The monoisotopic (exact) mass is 397 g/mol. The van der Waals surface area contributed by atoms with Gasteiger partial charge in [-0.15, -0.1) is 10.2 Å². The van der Waals surface area contributed by atoms with Crippen molar-refractivity contribution >= 4 is 39.4 Å². The molecule has 0 bridgehead atoms. The van der Waals surface area contributed by atoms with Crippen molar-refractivity contribution in [2.45, 2.75) is 18.0 Å². The van der Waals surface area contributed by atoms with Crippen LogP contribution in [0, 0.1) is 0 Å². The van der Waals surface area contributed by atoms with Crippen molar-refractivity contribution in [2.75, 3.05) is 5.75 Å². The molecule has 2 aromatic rings. The van der Waals surface area contributed by atoms with Gasteiger partial charge in [-0.1, -0.05) is 39.8 Å². The lowest BCUT2D eigenvalue weighted by Gasteiger charge is -2.02. The van der Waals surface area contributed by atoms with Crippen molar-refractivity contribution in [3.8, 4) is 0 Å².